The third-order valence-electron chi connectivity index (χ3n) is 3.35. The van der Waals surface area contributed by atoms with Gasteiger partial charge in [-0.25, -0.2) is 4.79 Å². The summed E-state index contributed by atoms with van der Waals surface area (Å²) in [5, 5.41) is 6.39. The summed E-state index contributed by atoms with van der Waals surface area (Å²) < 4.78 is 0. The Morgan fingerprint density at radius 2 is 2.29 bits per heavy atom. The molecule has 2 N–H and O–H groups in total. The molecule has 0 saturated carbocycles. The molecule has 4 nitrogen and oxygen atoms in total. The van der Waals surface area contributed by atoms with Crippen molar-refractivity contribution in [2.75, 3.05) is 32.7 Å². The number of piperidine rings is 1. The van der Waals surface area contributed by atoms with E-state index < -0.39 is 0 Å². The summed E-state index contributed by atoms with van der Waals surface area (Å²) in [6.45, 7) is 8.86. The molecule has 17 heavy (non-hydrogen) atoms. The highest BCUT2D eigenvalue weighted by Crippen LogP contribution is 2.11. The number of carbonyl (C=O) groups excluding carboxylic acids is 1. The monoisotopic (exact) mass is 241 g/mol. The Kier molecular flexibility index (Phi) is 7.01. The molecule has 1 aliphatic heterocycles. The van der Waals surface area contributed by atoms with Crippen LogP contribution in [-0.4, -0.2) is 43.7 Å². The molecule has 1 rings (SSSR count). The van der Waals surface area contributed by atoms with Gasteiger partial charge in [-0.3, -0.25) is 0 Å². The second kappa shape index (κ2) is 8.34. The summed E-state index contributed by atoms with van der Waals surface area (Å²) >= 11 is 0. The fourth-order valence-corrected chi connectivity index (χ4v) is 2.23. The molecule has 0 aliphatic carbocycles. The number of rotatable bonds is 6. The Balaban J connectivity index is 2.27. The lowest BCUT2D eigenvalue weighted by Crippen LogP contribution is -2.45. The van der Waals surface area contributed by atoms with Crippen molar-refractivity contribution < 1.29 is 4.79 Å². The van der Waals surface area contributed by atoms with E-state index in [9.17, 15) is 4.79 Å². The van der Waals surface area contributed by atoms with Gasteiger partial charge in [0.1, 0.15) is 0 Å². The number of amides is 2. The molecular formula is C13H27N3O. The first-order valence-electron chi connectivity index (χ1n) is 7.01. The van der Waals surface area contributed by atoms with Gasteiger partial charge in [-0.05, 0) is 45.2 Å². The van der Waals surface area contributed by atoms with Crippen LogP contribution in [0.4, 0.5) is 4.79 Å². The molecular weight excluding hydrogens is 214 g/mol. The SMILES string of the molecule is CCCCNC(=O)N(CC)CC1CCCNC1. The van der Waals surface area contributed by atoms with E-state index in [1.165, 1.54) is 12.8 Å². The van der Waals surface area contributed by atoms with E-state index in [-0.39, 0.29) is 6.03 Å². The predicted molar refractivity (Wildman–Crippen MR) is 71.1 cm³/mol. The lowest BCUT2D eigenvalue weighted by atomic mass is 9.99. The topological polar surface area (TPSA) is 44.4 Å². The van der Waals surface area contributed by atoms with E-state index >= 15 is 0 Å². The van der Waals surface area contributed by atoms with Crippen LogP contribution in [0.25, 0.3) is 0 Å². The highest BCUT2D eigenvalue weighted by molar-refractivity contribution is 5.74. The van der Waals surface area contributed by atoms with Gasteiger partial charge in [0.15, 0.2) is 0 Å². The summed E-state index contributed by atoms with van der Waals surface area (Å²) in [6, 6.07) is 0.103. The normalized spacial score (nSPS) is 20.0. The highest BCUT2D eigenvalue weighted by atomic mass is 16.2. The Labute approximate surface area is 105 Å². The fraction of sp³-hybridized carbons (Fsp3) is 0.923. The van der Waals surface area contributed by atoms with Crippen molar-refractivity contribution >= 4 is 6.03 Å². The quantitative estimate of drug-likeness (QED) is 0.697. The van der Waals surface area contributed by atoms with E-state index in [2.05, 4.69) is 24.5 Å². The van der Waals surface area contributed by atoms with E-state index in [4.69, 9.17) is 0 Å². The minimum Gasteiger partial charge on any atom is -0.338 e. The third kappa shape index (κ3) is 5.39. The van der Waals surface area contributed by atoms with E-state index in [1.54, 1.807) is 0 Å². The Morgan fingerprint density at radius 1 is 1.47 bits per heavy atom. The molecule has 2 amide bonds. The maximum absolute atomic E-state index is 11.9. The van der Waals surface area contributed by atoms with Crippen molar-refractivity contribution in [3.05, 3.63) is 0 Å². The summed E-state index contributed by atoms with van der Waals surface area (Å²) in [6.07, 6.45) is 4.67. The van der Waals surface area contributed by atoms with Gasteiger partial charge >= 0.3 is 6.03 Å². The lowest BCUT2D eigenvalue weighted by molar-refractivity contribution is 0.184. The van der Waals surface area contributed by atoms with Crippen LogP contribution >= 0.6 is 0 Å². The van der Waals surface area contributed by atoms with Crippen LogP contribution in [-0.2, 0) is 0 Å². The van der Waals surface area contributed by atoms with Gasteiger partial charge < -0.3 is 15.5 Å². The van der Waals surface area contributed by atoms with Crippen molar-refractivity contribution in [1.29, 1.82) is 0 Å². The van der Waals surface area contributed by atoms with Crippen LogP contribution in [0.15, 0.2) is 0 Å². The molecule has 1 fully saturated rings. The number of carbonyl (C=O) groups is 1. The second-order valence-electron chi connectivity index (χ2n) is 4.84. The zero-order valence-electron chi connectivity index (χ0n) is 11.3. The minimum atomic E-state index is 0.103. The van der Waals surface area contributed by atoms with Gasteiger partial charge in [0.25, 0.3) is 0 Å². The first-order valence-corrected chi connectivity index (χ1v) is 7.01. The van der Waals surface area contributed by atoms with E-state index in [0.29, 0.717) is 5.92 Å². The van der Waals surface area contributed by atoms with Crippen molar-refractivity contribution in [3.63, 3.8) is 0 Å². The highest BCUT2D eigenvalue weighted by Gasteiger charge is 2.19. The summed E-state index contributed by atoms with van der Waals surface area (Å²) in [4.78, 5) is 13.9. The number of urea groups is 1. The van der Waals surface area contributed by atoms with Gasteiger partial charge in [0.05, 0.1) is 0 Å². The van der Waals surface area contributed by atoms with Gasteiger partial charge in [-0.15, -0.1) is 0 Å². The van der Waals surface area contributed by atoms with Crippen LogP contribution in [0.3, 0.4) is 0 Å². The van der Waals surface area contributed by atoms with Crippen LogP contribution < -0.4 is 10.6 Å². The predicted octanol–water partition coefficient (Wildman–Crippen LogP) is 1.82. The van der Waals surface area contributed by atoms with E-state index in [0.717, 1.165) is 45.6 Å². The molecule has 0 spiro atoms. The summed E-state index contributed by atoms with van der Waals surface area (Å²) in [7, 11) is 0. The average Bonchev–Trinajstić information content (AvgIpc) is 2.37. The van der Waals surface area contributed by atoms with E-state index in [1.807, 2.05) is 4.90 Å². The largest absolute Gasteiger partial charge is 0.338 e. The lowest BCUT2D eigenvalue weighted by Gasteiger charge is -2.29. The summed E-state index contributed by atoms with van der Waals surface area (Å²) in [5.74, 6) is 0.626. The molecule has 1 saturated heterocycles. The zero-order chi connectivity index (χ0) is 12.5. The number of hydrogen-bond donors (Lipinski definition) is 2. The Hall–Kier alpha value is -0.770. The molecule has 1 unspecified atom stereocenters. The van der Waals surface area contributed by atoms with Crippen molar-refractivity contribution in [2.24, 2.45) is 5.92 Å². The zero-order valence-corrected chi connectivity index (χ0v) is 11.3. The van der Waals surface area contributed by atoms with Crippen molar-refractivity contribution in [3.8, 4) is 0 Å². The molecule has 0 radical (unpaired) electrons. The molecule has 100 valence electrons. The molecule has 0 bridgehead atoms. The van der Waals surface area contributed by atoms with Crippen molar-refractivity contribution in [2.45, 2.75) is 39.5 Å². The maximum atomic E-state index is 11.9. The van der Waals surface area contributed by atoms with Gasteiger partial charge in [-0.1, -0.05) is 13.3 Å². The smallest absolute Gasteiger partial charge is 0.317 e. The molecule has 0 aromatic carbocycles. The molecule has 4 heteroatoms. The number of unbranched alkanes of at least 4 members (excludes halogenated alkanes) is 1. The molecule has 1 heterocycles. The Morgan fingerprint density at radius 3 is 2.88 bits per heavy atom. The summed E-state index contributed by atoms with van der Waals surface area (Å²) in [5.41, 5.74) is 0. The average molecular weight is 241 g/mol. The maximum Gasteiger partial charge on any atom is 0.317 e. The molecule has 0 aromatic rings. The second-order valence-corrected chi connectivity index (χ2v) is 4.84. The van der Waals surface area contributed by atoms with Crippen molar-refractivity contribution in [1.82, 2.24) is 15.5 Å². The number of nitrogens with zero attached hydrogens (tertiary/aromatic N) is 1. The molecule has 1 atom stereocenters. The standard InChI is InChI=1S/C13H27N3O/c1-3-5-9-15-13(17)16(4-2)11-12-7-6-8-14-10-12/h12,14H,3-11H2,1-2H3,(H,15,17). The first-order chi connectivity index (χ1) is 8.27. The van der Waals surface area contributed by atoms with Crippen LogP contribution in [0.2, 0.25) is 0 Å². The molecule has 1 aliphatic rings. The Bertz CT molecular complexity index is 215. The van der Waals surface area contributed by atoms with Gasteiger partial charge in [0, 0.05) is 19.6 Å². The van der Waals surface area contributed by atoms with Gasteiger partial charge in [-0.2, -0.15) is 0 Å². The number of hydrogen-bond acceptors (Lipinski definition) is 2. The minimum absolute atomic E-state index is 0.103. The molecule has 0 aromatic heterocycles. The van der Waals surface area contributed by atoms with Crippen LogP contribution in [0.1, 0.15) is 39.5 Å². The van der Waals surface area contributed by atoms with Crippen LogP contribution in [0, 0.1) is 5.92 Å². The third-order valence-corrected chi connectivity index (χ3v) is 3.35. The van der Waals surface area contributed by atoms with Gasteiger partial charge in [0.2, 0.25) is 0 Å². The van der Waals surface area contributed by atoms with Crippen LogP contribution in [0.5, 0.6) is 0 Å². The fourth-order valence-electron chi connectivity index (χ4n) is 2.23. The first kappa shape index (κ1) is 14.3. The number of nitrogens with one attached hydrogen (secondary N) is 2.